The molecule has 2 N–H and O–H groups in total. The van der Waals surface area contributed by atoms with Gasteiger partial charge in [-0.15, -0.1) is 11.8 Å². The molecule has 1 aliphatic heterocycles. The molecule has 0 spiro atoms. The average Bonchev–Trinajstić information content (AvgIpc) is 2.87. The van der Waals surface area contributed by atoms with Crippen molar-refractivity contribution in [2.75, 3.05) is 10.6 Å². The van der Waals surface area contributed by atoms with E-state index in [2.05, 4.69) is 75.1 Å². The van der Waals surface area contributed by atoms with Gasteiger partial charge in [-0.3, -0.25) is 4.79 Å². The van der Waals surface area contributed by atoms with Crippen molar-refractivity contribution >= 4 is 50.7 Å². The summed E-state index contributed by atoms with van der Waals surface area (Å²) in [7, 11) is 0. The number of halogens is 1. The van der Waals surface area contributed by atoms with Gasteiger partial charge >= 0.3 is 0 Å². The number of amides is 1. The molecule has 3 aromatic rings. The van der Waals surface area contributed by atoms with E-state index in [4.69, 9.17) is 0 Å². The number of anilines is 2. The quantitative estimate of drug-likeness (QED) is 0.465. The lowest BCUT2D eigenvalue weighted by Crippen LogP contribution is -2.06. The van der Waals surface area contributed by atoms with Crippen molar-refractivity contribution in [1.82, 2.24) is 0 Å². The maximum atomic E-state index is 11.4. The van der Waals surface area contributed by atoms with Gasteiger partial charge in [0.05, 0.1) is 10.9 Å². The molecule has 0 saturated heterocycles. The Kier molecular flexibility index (Phi) is 5.55. The lowest BCUT2D eigenvalue weighted by Gasteiger charge is -2.13. The van der Waals surface area contributed by atoms with Crippen LogP contribution >= 0.6 is 27.7 Å². The van der Waals surface area contributed by atoms with E-state index < -0.39 is 0 Å². The van der Waals surface area contributed by atoms with E-state index in [1.165, 1.54) is 17.4 Å². The van der Waals surface area contributed by atoms with E-state index in [0.717, 1.165) is 27.1 Å². The summed E-state index contributed by atoms with van der Waals surface area (Å²) in [5.41, 5.74) is 5.16. The lowest BCUT2D eigenvalue weighted by atomic mass is 10.1. The van der Waals surface area contributed by atoms with Crippen LogP contribution in [-0.4, -0.2) is 5.91 Å². The highest BCUT2D eigenvalue weighted by atomic mass is 79.9. The summed E-state index contributed by atoms with van der Waals surface area (Å²) in [5, 5.41) is 6.61. The molecule has 1 heterocycles. The summed E-state index contributed by atoms with van der Waals surface area (Å²) >= 11 is 5.41. The summed E-state index contributed by atoms with van der Waals surface area (Å²) in [6, 6.07) is 24.7. The van der Waals surface area contributed by atoms with Crippen LogP contribution in [0.3, 0.4) is 0 Å². The molecule has 1 aliphatic rings. The molecule has 1 amide bonds. The number of benzene rings is 3. The monoisotopic (exact) mass is 450 g/mol. The number of rotatable bonds is 3. The fourth-order valence-electron chi connectivity index (χ4n) is 3.17. The molecule has 1 atom stereocenters. The molecular weight excluding hydrogens is 432 g/mol. The maximum Gasteiger partial charge on any atom is 0.221 e. The van der Waals surface area contributed by atoms with Gasteiger partial charge in [-0.25, -0.2) is 0 Å². The summed E-state index contributed by atoms with van der Waals surface area (Å²) in [6.45, 7) is 1.52. The normalized spacial score (nSPS) is 15.6. The predicted octanol–water partition coefficient (Wildman–Crippen LogP) is 6.71. The van der Waals surface area contributed by atoms with Crippen molar-refractivity contribution in [2.24, 2.45) is 0 Å². The third kappa shape index (κ3) is 4.32. The van der Waals surface area contributed by atoms with Crippen molar-refractivity contribution in [1.29, 1.82) is 0 Å². The zero-order valence-electron chi connectivity index (χ0n) is 15.3. The molecule has 0 aromatic heterocycles. The minimum absolute atomic E-state index is 0.0760. The van der Waals surface area contributed by atoms with E-state index >= 15 is 0 Å². The predicted molar refractivity (Wildman–Crippen MR) is 122 cm³/mol. The van der Waals surface area contributed by atoms with E-state index in [9.17, 15) is 4.79 Å². The summed E-state index contributed by atoms with van der Waals surface area (Å²) < 4.78 is 1.07. The van der Waals surface area contributed by atoms with E-state index in [0.29, 0.717) is 0 Å². The van der Waals surface area contributed by atoms with Crippen LogP contribution in [0.2, 0.25) is 0 Å². The van der Waals surface area contributed by atoms with Gasteiger partial charge < -0.3 is 10.6 Å². The Bertz CT molecular complexity index is 1060. The smallest absolute Gasteiger partial charge is 0.221 e. The van der Waals surface area contributed by atoms with Gasteiger partial charge in [0.2, 0.25) is 5.91 Å². The number of hydrogen-bond donors (Lipinski definition) is 2. The van der Waals surface area contributed by atoms with Crippen LogP contribution in [-0.2, 0) is 4.79 Å². The fraction of sp³-hybridized carbons (Fsp3) is 0.0870. The minimum atomic E-state index is -0.0760. The van der Waals surface area contributed by atoms with Gasteiger partial charge in [-0.1, -0.05) is 52.3 Å². The molecule has 3 aromatic carbocycles. The van der Waals surface area contributed by atoms with Crippen LogP contribution in [0.15, 0.2) is 88.2 Å². The number of thioether (sulfide) groups is 1. The Morgan fingerprint density at radius 3 is 2.68 bits per heavy atom. The number of carbonyl (C=O) groups excluding carboxylic acids is 1. The van der Waals surface area contributed by atoms with Gasteiger partial charge in [0.1, 0.15) is 0 Å². The number of fused-ring (bicyclic) bond motifs is 1. The Morgan fingerprint density at radius 2 is 1.86 bits per heavy atom. The first-order chi connectivity index (χ1) is 13.6. The molecule has 0 aliphatic carbocycles. The molecule has 5 heteroatoms. The Hall–Kier alpha value is -2.50. The van der Waals surface area contributed by atoms with Crippen molar-refractivity contribution in [3.63, 3.8) is 0 Å². The zero-order valence-corrected chi connectivity index (χ0v) is 17.7. The Labute approximate surface area is 177 Å². The second-order valence-corrected chi connectivity index (χ2v) is 8.66. The second-order valence-electron chi connectivity index (χ2n) is 6.56. The van der Waals surface area contributed by atoms with Crippen LogP contribution in [0, 0.1) is 0 Å². The van der Waals surface area contributed by atoms with Crippen LogP contribution < -0.4 is 10.6 Å². The van der Waals surface area contributed by atoms with Gasteiger partial charge in [0.25, 0.3) is 0 Å². The van der Waals surface area contributed by atoms with Crippen molar-refractivity contribution in [3.05, 3.63) is 94.5 Å². The maximum absolute atomic E-state index is 11.4. The third-order valence-electron chi connectivity index (χ3n) is 4.40. The van der Waals surface area contributed by atoms with Crippen LogP contribution in [0.4, 0.5) is 11.4 Å². The average molecular weight is 451 g/mol. The highest BCUT2D eigenvalue weighted by molar-refractivity contribution is 9.10. The molecule has 28 heavy (non-hydrogen) atoms. The lowest BCUT2D eigenvalue weighted by molar-refractivity contribution is -0.114. The van der Waals surface area contributed by atoms with Crippen molar-refractivity contribution in [2.45, 2.75) is 17.1 Å². The number of hydrogen-bond acceptors (Lipinski definition) is 3. The molecule has 140 valence electrons. The zero-order chi connectivity index (χ0) is 19.5. The number of para-hydroxylation sites is 1. The van der Waals surface area contributed by atoms with Gasteiger partial charge in [-0.2, -0.15) is 0 Å². The fourth-order valence-corrected chi connectivity index (χ4v) is 4.75. The second kappa shape index (κ2) is 8.25. The van der Waals surface area contributed by atoms with Gasteiger partial charge in [0.15, 0.2) is 0 Å². The number of carbonyl (C=O) groups is 1. The van der Waals surface area contributed by atoms with E-state index in [1.807, 2.05) is 42.1 Å². The summed E-state index contributed by atoms with van der Waals surface area (Å²) in [6.07, 6.45) is 2.25. The SMILES string of the molecule is CC(=O)Nc1cccc(C2=CC(c3cccc(Br)c3)Sc3ccccc3N2)c1. The largest absolute Gasteiger partial charge is 0.354 e. The molecule has 1 unspecified atom stereocenters. The van der Waals surface area contributed by atoms with E-state index in [-0.39, 0.29) is 11.2 Å². The molecular formula is C23H19BrN2OS. The molecule has 0 fully saturated rings. The third-order valence-corrected chi connectivity index (χ3v) is 6.16. The first kappa shape index (κ1) is 18.8. The van der Waals surface area contributed by atoms with E-state index in [1.54, 1.807) is 0 Å². The van der Waals surface area contributed by atoms with Gasteiger partial charge in [-0.05, 0) is 53.6 Å². The topological polar surface area (TPSA) is 41.1 Å². The Morgan fingerprint density at radius 1 is 1.04 bits per heavy atom. The summed E-state index contributed by atoms with van der Waals surface area (Å²) in [4.78, 5) is 12.6. The van der Waals surface area contributed by atoms with Crippen molar-refractivity contribution in [3.8, 4) is 0 Å². The highest BCUT2D eigenvalue weighted by Gasteiger charge is 2.20. The number of nitrogens with one attached hydrogen (secondary N) is 2. The molecule has 4 rings (SSSR count). The highest BCUT2D eigenvalue weighted by Crippen LogP contribution is 2.45. The van der Waals surface area contributed by atoms with Crippen LogP contribution in [0.25, 0.3) is 5.70 Å². The summed E-state index contributed by atoms with van der Waals surface area (Å²) in [5.74, 6) is -0.0760. The molecule has 0 saturated carbocycles. The molecule has 0 radical (unpaired) electrons. The first-order valence-electron chi connectivity index (χ1n) is 8.96. The minimum Gasteiger partial charge on any atom is -0.354 e. The van der Waals surface area contributed by atoms with Crippen molar-refractivity contribution < 1.29 is 4.79 Å². The molecule has 3 nitrogen and oxygen atoms in total. The standard InChI is InChI=1S/C23H19BrN2OS/c1-15(27)25-19-9-5-6-16(13-19)21-14-23(17-7-4-8-18(24)12-17)28-22-11-3-2-10-20(22)26-21/h2-14,23,26H,1H3,(H,25,27). The van der Waals surface area contributed by atoms with Crippen LogP contribution in [0.5, 0.6) is 0 Å². The Balaban J connectivity index is 1.79. The van der Waals surface area contributed by atoms with Gasteiger partial charge in [0, 0.05) is 27.7 Å². The first-order valence-corrected chi connectivity index (χ1v) is 10.6. The molecule has 0 bridgehead atoms. The van der Waals surface area contributed by atoms with Crippen LogP contribution in [0.1, 0.15) is 23.3 Å².